The largest absolute Gasteiger partial charge is 0.370 e. The monoisotopic (exact) mass is 278 g/mol. The maximum Gasteiger partial charge on any atom is 0.136 e. The number of aromatic amines is 1. The Morgan fingerprint density at radius 1 is 1.10 bits per heavy atom. The number of nitrogens with zero attached hydrogens (tertiary/aromatic N) is 2. The molecule has 1 radical (unpaired) electrons. The Kier molecular flexibility index (Phi) is 3.16. The lowest BCUT2D eigenvalue weighted by Crippen LogP contribution is -2.13. The van der Waals surface area contributed by atoms with Crippen LogP contribution in [-0.4, -0.2) is 21.6 Å². The van der Waals surface area contributed by atoms with Crippen molar-refractivity contribution in [3.63, 3.8) is 0 Å². The first kappa shape index (κ1) is 12.5. The van der Waals surface area contributed by atoms with E-state index in [0.717, 1.165) is 47.4 Å². The number of hydrogen-bond acceptors (Lipinski definition) is 3. The van der Waals surface area contributed by atoms with Crippen LogP contribution >= 0.6 is 0 Å². The summed E-state index contributed by atoms with van der Waals surface area (Å²) in [5.74, 6) is 0.924. The van der Waals surface area contributed by atoms with Crippen molar-refractivity contribution in [2.45, 2.75) is 18.9 Å². The van der Waals surface area contributed by atoms with Gasteiger partial charge in [-0.25, -0.2) is 4.98 Å². The highest BCUT2D eigenvalue weighted by atomic mass is 16.5. The van der Waals surface area contributed by atoms with E-state index in [2.05, 4.69) is 34.6 Å². The van der Waals surface area contributed by atoms with Gasteiger partial charge in [-0.1, -0.05) is 6.07 Å². The summed E-state index contributed by atoms with van der Waals surface area (Å²) < 4.78 is 5.78. The van der Waals surface area contributed by atoms with E-state index in [1.54, 1.807) is 12.4 Å². The Balaban J connectivity index is 1.71. The molecule has 3 aromatic rings. The topological polar surface area (TPSA) is 50.8 Å². The second-order valence-electron chi connectivity index (χ2n) is 5.26. The van der Waals surface area contributed by atoms with Gasteiger partial charge in [0.15, 0.2) is 0 Å². The van der Waals surface area contributed by atoms with Crippen molar-refractivity contribution in [2.75, 3.05) is 6.61 Å². The Morgan fingerprint density at radius 3 is 2.81 bits per heavy atom. The van der Waals surface area contributed by atoms with Gasteiger partial charge in [0.2, 0.25) is 0 Å². The molecule has 0 bridgehead atoms. The number of pyridine rings is 1. The molecule has 1 aromatic carbocycles. The lowest BCUT2D eigenvalue weighted by molar-refractivity contribution is 0.0281. The van der Waals surface area contributed by atoms with E-state index in [1.807, 2.05) is 12.1 Å². The highest BCUT2D eigenvalue weighted by molar-refractivity contribution is 5.81. The summed E-state index contributed by atoms with van der Waals surface area (Å²) in [6.07, 6.45) is 7.90. The highest BCUT2D eigenvalue weighted by Crippen LogP contribution is 2.28. The molecule has 0 spiro atoms. The third-order valence-corrected chi connectivity index (χ3v) is 3.84. The van der Waals surface area contributed by atoms with Crippen molar-refractivity contribution in [1.82, 2.24) is 15.0 Å². The molecule has 1 saturated heterocycles. The fraction of sp³-hybridized carbons (Fsp3) is 0.235. The molecular formula is C17H16N3O. The zero-order valence-corrected chi connectivity index (χ0v) is 11.6. The number of ether oxygens (including phenoxy) is 1. The Hall–Kier alpha value is -2.20. The first-order chi connectivity index (χ1) is 10.4. The van der Waals surface area contributed by atoms with Crippen LogP contribution in [-0.2, 0) is 4.74 Å². The predicted molar refractivity (Wildman–Crippen MR) is 81.6 cm³/mol. The van der Waals surface area contributed by atoms with Crippen LogP contribution in [0, 0.1) is 6.42 Å². The van der Waals surface area contributed by atoms with Crippen LogP contribution < -0.4 is 0 Å². The number of benzene rings is 1. The lowest BCUT2D eigenvalue weighted by Gasteiger charge is -2.20. The Morgan fingerprint density at radius 2 is 2.00 bits per heavy atom. The molecule has 21 heavy (non-hydrogen) atoms. The molecule has 4 nitrogen and oxygen atoms in total. The Labute approximate surface area is 123 Å². The number of rotatable bonds is 2. The zero-order valence-electron chi connectivity index (χ0n) is 11.6. The molecule has 105 valence electrons. The fourth-order valence-electron chi connectivity index (χ4n) is 2.72. The van der Waals surface area contributed by atoms with Gasteiger partial charge < -0.3 is 9.72 Å². The summed E-state index contributed by atoms with van der Waals surface area (Å²) in [4.78, 5) is 12.1. The quantitative estimate of drug-likeness (QED) is 0.778. The molecule has 0 amide bonds. The number of H-pyrrole nitrogens is 1. The molecule has 2 aromatic heterocycles. The second-order valence-corrected chi connectivity index (χ2v) is 5.26. The third kappa shape index (κ3) is 2.43. The zero-order chi connectivity index (χ0) is 14.1. The van der Waals surface area contributed by atoms with Crippen LogP contribution in [0.2, 0.25) is 0 Å². The van der Waals surface area contributed by atoms with Crippen molar-refractivity contribution in [2.24, 2.45) is 0 Å². The number of hydrogen-bond donors (Lipinski definition) is 1. The van der Waals surface area contributed by atoms with Crippen molar-refractivity contribution in [3.8, 4) is 11.1 Å². The molecule has 1 fully saturated rings. The fourth-order valence-corrected chi connectivity index (χ4v) is 2.72. The van der Waals surface area contributed by atoms with E-state index in [9.17, 15) is 0 Å². The minimum Gasteiger partial charge on any atom is -0.370 e. The predicted octanol–water partition coefficient (Wildman–Crippen LogP) is 3.68. The van der Waals surface area contributed by atoms with Gasteiger partial charge in [-0.2, -0.15) is 0 Å². The SMILES string of the molecule is [CH]1CCO[C@@H](c2nc3cc(-c4ccncc4)ccc3[nH]2)C1. The number of aromatic nitrogens is 3. The normalized spacial score (nSPS) is 19.0. The number of imidazole rings is 1. The molecule has 0 unspecified atom stereocenters. The molecule has 1 aliphatic heterocycles. The molecule has 3 heterocycles. The molecule has 4 rings (SSSR count). The van der Waals surface area contributed by atoms with E-state index in [4.69, 9.17) is 9.72 Å². The van der Waals surface area contributed by atoms with E-state index in [1.165, 1.54) is 0 Å². The highest BCUT2D eigenvalue weighted by Gasteiger charge is 2.19. The molecule has 1 aliphatic rings. The van der Waals surface area contributed by atoms with Crippen LogP contribution in [0.25, 0.3) is 22.2 Å². The summed E-state index contributed by atoms with van der Waals surface area (Å²) in [5, 5.41) is 0. The van der Waals surface area contributed by atoms with Gasteiger partial charge in [0, 0.05) is 19.0 Å². The van der Waals surface area contributed by atoms with Crippen molar-refractivity contribution < 1.29 is 4.74 Å². The van der Waals surface area contributed by atoms with Gasteiger partial charge in [-0.3, -0.25) is 4.98 Å². The molecule has 0 saturated carbocycles. The summed E-state index contributed by atoms with van der Waals surface area (Å²) in [7, 11) is 0. The standard InChI is InChI=1S/C17H16N3O/c1-2-10-21-16(3-1)17-19-14-5-4-13(11-15(14)20-17)12-6-8-18-9-7-12/h1,4-9,11,16H,2-3,10H2,(H,19,20)/t16-/m1/s1. The van der Waals surface area contributed by atoms with Crippen molar-refractivity contribution >= 4 is 11.0 Å². The van der Waals surface area contributed by atoms with Gasteiger partial charge in [-0.15, -0.1) is 0 Å². The number of fused-ring (bicyclic) bond motifs is 1. The second kappa shape index (κ2) is 5.30. The van der Waals surface area contributed by atoms with Gasteiger partial charge in [0.25, 0.3) is 0 Å². The van der Waals surface area contributed by atoms with E-state index in [-0.39, 0.29) is 6.10 Å². The minimum atomic E-state index is 0.0653. The van der Waals surface area contributed by atoms with Crippen molar-refractivity contribution in [3.05, 3.63) is 55.0 Å². The van der Waals surface area contributed by atoms with Crippen LogP contribution in [0.3, 0.4) is 0 Å². The summed E-state index contributed by atoms with van der Waals surface area (Å²) in [6, 6.07) is 10.3. The average molecular weight is 278 g/mol. The number of nitrogens with one attached hydrogen (secondary N) is 1. The van der Waals surface area contributed by atoms with E-state index < -0.39 is 0 Å². The van der Waals surface area contributed by atoms with Crippen LogP contribution in [0.5, 0.6) is 0 Å². The van der Waals surface area contributed by atoms with E-state index >= 15 is 0 Å². The molecule has 0 aliphatic carbocycles. The smallest absolute Gasteiger partial charge is 0.136 e. The third-order valence-electron chi connectivity index (χ3n) is 3.84. The molecular weight excluding hydrogens is 262 g/mol. The molecule has 1 N–H and O–H groups in total. The first-order valence-electron chi connectivity index (χ1n) is 7.23. The van der Waals surface area contributed by atoms with Crippen molar-refractivity contribution in [1.29, 1.82) is 0 Å². The van der Waals surface area contributed by atoms with Crippen LogP contribution in [0.15, 0.2) is 42.7 Å². The molecule has 1 atom stereocenters. The summed E-state index contributed by atoms with van der Waals surface area (Å²) >= 11 is 0. The minimum absolute atomic E-state index is 0.0653. The van der Waals surface area contributed by atoms with Crippen LogP contribution in [0.4, 0.5) is 0 Å². The lowest BCUT2D eigenvalue weighted by atomic mass is 10.1. The summed E-state index contributed by atoms with van der Waals surface area (Å²) in [6.45, 7) is 0.782. The molecule has 4 heteroatoms. The maximum atomic E-state index is 5.78. The average Bonchev–Trinajstić information content (AvgIpc) is 2.99. The van der Waals surface area contributed by atoms with E-state index in [0.29, 0.717) is 0 Å². The van der Waals surface area contributed by atoms with Gasteiger partial charge in [0.1, 0.15) is 11.9 Å². The Bertz CT molecular complexity index is 745. The van der Waals surface area contributed by atoms with Gasteiger partial charge in [-0.05, 0) is 54.7 Å². The maximum absolute atomic E-state index is 5.78. The van der Waals surface area contributed by atoms with Gasteiger partial charge >= 0.3 is 0 Å². The van der Waals surface area contributed by atoms with Gasteiger partial charge in [0.05, 0.1) is 11.0 Å². The summed E-state index contributed by atoms with van der Waals surface area (Å²) in [5.41, 5.74) is 4.34. The first-order valence-corrected chi connectivity index (χ1v) is 7.23. The van der Waals surface area contributed by atoms with Crippen LogP contribution in [0.1, 0.15) is 24.8 Å².